The zero-order chi connectivity index (χ0) is 20.3. The highest BCUT2D eigenvalue weighted by molar-refractivity contribution is 7.22. The van der Waals surface area contributed by atoms with E-state index in [-0.39, 0.29) is 35.7 Å². The minimum atomic E-state index is -4.78. The van der Waals surface area contributed by atoms with Crippen LogP contribution in [0.5, 0.6) is 5.75 Å². The van der Waals surface area contributed by atoms with Crippen LogP contribution < -0.4 is 15.8 Å². The lowest BCUT2D eigenvalue weighted by Gasteiger charge is -2.34. The SMILES string of the molecule is NCCC(=O)N1CCCCC1C(=O)Nc1nc2ccc(OC(F)(F)F)cc2s1. The number of hydrogen-bond acceptors (Lipinski definition) is 6. The number of nitrogens with zero attached hydrogens (tertiary/aromatic N) is 2. The molecule has 0 bridgehead atoms. The van der Waals surface area contributed by atoms with Gasteiger partial charge < -0.3 is 20.7 Å². The van der Waals surface area contributed by atoms with Gasteiger partial charge in [0.15, 0.2) is 5.13 Å². The Morgan fingerprint density at radius 1 is 1.36 bits per heavy atom. The first-order chi connectivity index (χ1) is 13.3. The first kappa shape index (κ1) is 20.3. The topological polar surface area (TPSA) is 97.6 Å². The van der Waals surface area contributed by atoms with Crippen LogP contribution in [0.1, 0.15) is 25.7 Å². The predicted molar refractivity (Wildman–Crippen MR) is 98.0 cm³/mol. The number of alkyl halides is 3. The lowest BCUT2D eigenvalue weighted by atomic mass is 10.0. The number of piperidine rings is 1. The Morgan fingerprint density at radius 3 is 2.86 bits per heavy atom. The van der Waals surface area contributed by atoms with Crippen molar-refractivity contribution < 1.29 is 27.5 Å². The van der Waals surface area contributed by atoms with Gasteiger partial charge in [-0.15, -0.1) is 13.2 Å². The highest BCUT2D eigenvalue weighted by Gasteiger charge is 2.33. The van der Waals surface area contributed by atoms with E-state index in [9.17, 15) is 22.8 Å². The molecular weight excluding hydrogens is 397 g/mol. The number of carbonyl (C=O) groups is 2. The number of nitrogens with two attached hydrogens (primary N) is 1. The molecule has 1 aromatic carbocycles. The maximum atomic E-state index is 12.7. The van der Waals surface area contributed by atoms with Crippen molar-refractivity contribution in [1.29, 1.82) is 0 Å². The lowest BCUT2D eigenvalue weighted by molar-refractivity contribution is -0.274. The number of aromatic nitrogens is 1. The van der Waals surface area contributed by atoms with Crippen LogP contribution in [0, 0.1) is 0 Å². The molecule has 0 aliphatic carbocycles. The van der Waals surface area contributed by atoms with Crippen LogP contribution in [0.2, 0.25) is 0 Å². The van der Waals surface area contributed by atoms with Gasteiger partial charge in [-0.25, -0.2) is 4.98 Å². The summed E-state index contributed by atoms with van der Waals surface area (Å²) < 4.78 is 41.4. The standard InChI is InChI=1S/C17H19F3N4O3S/c18-17(19,20)27-10-4-5-11-13(9-10)28-16(22-11)23-15(26)12-3-1-2-8-24(12)14(25)6-7-21/h4-5,9,12H,1-3,6-8,21H2,(H,22,23,26). The first-order valence-electron chi connectivity index (χ1n) is 8.73. The summed E-state index contributed by atoms with van der Waals surface area (Å²) in [5, 5.41) is 2.93. The fraction of sp³-hybridized carbons (Fsp3) is 0.471. The van der Waals surface area contributed by atoms with E-state index in [4.69, 9.17) is 5.73 Å². The van der Waals surface area contributed by atoms with Gasteiger partial charge in [-0.1, -0.05) is 11.3 Å². The van der Waals surface area contributed by atoms with Gasteiger partial charge in [-0.05, 0) is 31.4 Å². The van der Waals surface area contributed by atoms with Gasteiger partial charge >= 0.3 is 6.36 Å². The fourth-order valence-electron chi connectivity index (χ4n) is 3.11. The number of amides is 2. The quantitative estimate of drug-likeness (QED) is 0.781. The predicted octanol–water partition coefficient (Wildman–Crippen LogP) is 2.86. The van der Waals surface area contributed by atoms with Crippen molar-refractivity contribution in [2.45, 2.75) is 38.1 Å². The molecule has 1 aliphatic rings. The summed E-state index contributed by atoms with van der Waals surface area (Å²) in [4.78, 5) is 30.6. The first-order valence-corrected chi connectivity index (χ1v) is 9.55. The summed E-state index contributed by atoms with van der Waals surface area (Å²) in [5.41, 5.74) is 5.88. The monoisotopic (exact) mass is 416 g/mol. The van der Waals surface area contributed by atoms with E-state index in [1.165, 1.54) is 17.0 Å². The second kappa shape index (κ2) is 8.31. The molecule has 2 amide bonds. The Bertz CT molecular complexity index is 871. The minimum Gasteiger partial charge on any atom is -0.406 e. The zero-order valence-electron chi connectivity index (χ0n) is 14.8. The third kappa shape index (κ3) is 4.90. The normalized spacial score (nSPS) is 17.6. The van der Waals surface area contributed by atoms with E-state index in [2.05, 4.69) is 15.0 Å². The Labute approximate surface area is 162 Å². The number of likely N-dealkylation sites (tertiary alicyclic amines) is 1. The van der Waals surface area contributed by atoms with Crippen molar-refractivity contribution in [3.05, 3.63) is 18.2 Å². The number of thiazole rings is 1. The van der Waals surface area contributed by atoms with Crippen LogP contribution in [0.3, 0.4) is 0 Å². The average molecular weight is 416 g/mol. The number of rotatable bonds is 5. The highest BCUT2D eigenvalue weighted by Crippen LogP contribution is 2.32. The second-order valence-electron chi connectivity index (χ2n) is 6.32. The average Bonchev–Trinajstić information content (AvgIpc) is 3.02. The van der Waals surface area contributed by atoms with E-state index in [0.29, 0.717) is 23.2 Å². The minimum absolute atomic E-state index is 0.166. The Kier molecular flexibility index (Phi) is 6.04. The number of ether oxygens (including phenoxy) is 1. The molecule has 0 saturated carbocycles. The van der Waals surface area contributed by atoms with Gasteiger partial charge in [0.25, 0.3) is 0 Å². The fourth-order valence-corrected chi connectivity index (χ4v) is 4.01. The summed E-state index contributed by atoms with van der Waals surface area (Å²) in [5.74, 6) is -0.885. The Balaban J connectivity index is 1.73. The highest BCUT2D eigenvalue weighted by atomic mass is 32.1. The van der Waals surface area contributed by atoms with Crippen molar-refractivity contribution in [2.75, 3.05) is 18.4 Å². The third-order valence-electron chi connectivity index (χ3n) is 4.31. The van der Waals surface area contributed by atoms with Gasteiger partial charge in [0.05, 0.1) is 10.2 Å². The van der Waals surface area contributed by atoms with Crippen molar-refractivity contribution in [3.8, 4) is 5.75 Å². The van der Waals surface area contributed by atoms with Gasteiger partial charge in [0.1, 0.15) is 11.8 Å². The smallest absolute Gasteiger partial charge is 0.406 e. The van der Waals surface area contributed by atoms with Crippen LogP contribution in [-0.4, -0.2) is 47.2 Å². The van der Waals surface area contributed by atoms with Crippen molar-refractivity contribution in [2.24, 2.45) is 5.73 Å². The van der Waals surface area contributed by atoms with Crippen molar-refractivity contribution in [3.63, 3.8) is 0 Å². The van der Waals surface area contributed by atoms with Gasteiger partial charge in [-0.3, -0.25) is 9.59 Å². The summed E-state index contributed by atoms with van der Waals surface area (Å²) in [6.07, 6.45) is -2.43. The van der Waals surface area contributed by atoms with E-state index in [1.807, 2.05) is 0 Å². The summed E-state index contributed by atoms with van der Waals surface area (Å²) in [7, 11) is 0. The molecule has 1 aliphatic heterocycles. The van der Waals surface area contributed by atoms with Crippen molar-refractivity contribution >= 4 is 38.5 Å². The summed E-state index contributed by atoms with van der Waals surface area (Å²) in [6, 6.07) is 3.16. The molecule has 2 aromatic rings. The van der Waals surface area contributed by atoms with Crippen molar-refractivity contribution in [1.82, 2.24) is 9.88 Å². The summed E-state index contributed by atoms with van der Waals surface area (Å²) >= 11 is 1.04. The molecule has 7 nitrogen and oxygen atoms in total. The molecule has 1 unspecified atom stereocenters. The maximum Gasteiger partial charge on any atom is 0.573 e. The molecule has 28 heavy (non-hydrogen) atoms. The van der Waals surface area contributed by atoms with Gasteiger partial charge in [0, 0.05) is 25.6 Å². The molecule has 1 aromatic heterocycles. The number of carbonyl (C=O) groups excluding carboxylic acids is 2. The molecule has 11 heteroatoms. The third-order valence-corrected chi connectivity index (χ3v) is 5.24. The molecule has 152 valence electrons. The van der Waals surface area contributed by atoms with E-state index >= 15 is 0 Å². The van der Waals surface area contributed by atoms with Crippen LogP contribution in [0.15, 0.2) is 18.2 Å². The molecule has 3 rings (SSSR count). The molecule has 2 heterocycles. The zero-order valence-corrected chi connectivity index (χ0v) is 15.6. The largest absolute Gasteiger partial charge is 0.573 e. The Morgan fingerprint density at radius 2 is 2.14 bits per heavy atom. The molecular formula is C17H19F3N4O3S. The molecule has 3 N–H and O–H groups in total. The van der Waals surface area contributed by atoms with E-state index in [1.54, 1.807) is 0 Å². The lowest BCUT2D eigenvalue weighted by Crippen LogP contribution is -2.50. The number of fused-ring (bicyclic) bond motifs is 1. The van der Waals surface area contributed by atoms with Crippen LogP contribution in [-0.2, 0) is 9.59 Å². The second-order valence-corrected chi connectivity index (χ2v) is 7.35. The number of anilines is 1. The number of halogens is 3. The van der Waals surface area contributed by atoms with Crippen LogP contribution in [0.4, 0.5) is 18.3 Å². The van der Waals surface area contributed by atoms with Crippen LogP contribution in [0.25, 0.3) is 10.2 Å². The molecule has 0 radical (unpaired) electrons. The number of benzene rings is 1. The summed E-state index contributed by atoms with van der Waals surface area (Å²) in [6.45, 7) is 0.707. The number of nitrogens with one attached hydrogen (secondary N) is 1. The number of hydrogen-bond donors (Lipinski definition) is 2. The molecule has 1 saturated heterocycles. The molecule has 1 fully saturated rings. The van der Waals surface area contributed by atoms with Crippen LogP contribution >= 0.6 is 11.3 Å². The van der Waals surface area contributed by atoms with E-state index in [0.717, 1.165) is 30.2 Å². The maximum absolute atomic E-state index is 12.7. The molecule has 1 atom stereocenters. The van der Waals surface area contributed by atoms with Gasteiger partial charge in [-0.2, -0.15) is 0 Å². The van der Waals surface area contributed by atoms with Gasteiger partial charge in [0.2, 0.25) is 11.8 Å². The molecule has 0 spiro atoms. The Hall–Kier alpha value is -2.40. The van der Waals surface area contributed by atoms with E-state index < -0.39 is 12.4 Å².